The van der Waals surface area contributed by atoms with Gasteiger partial charge in [0, 0.05) is 24.4 Å². The number of carbonyl (C=O) groups is 1. The van der Waals surface area contributed by atoms with Crippen LogP contribution in [0.3, 0.4) is 0 Å². The van der Waals surface area contributed by atoms with Crippen LogP contribution in [0.4, 0.5) is 5.82 Å². The van der Waals surface area contributed by atoms with E-state index in [-0.39, 0.29) is 5.91 Å². The van der Waals surface area contributed by atoms with Gasteiger partial charge in [-0.25, -0.2) is 4.98 Å². The molecule has 1 amide bonds. The zero-order valence-electron chi connectivity index (χ0n) is 10.9. The van der Waals surface area contributed by atoms with Crippen molar-refractivity contribution in [1.29, 1.82) is 0 Å². The zero-order valence-corrected chi connectivity index (χ0v) is 10.9. The highest BCUT2D eigenvalue weighted by atomic mass is 16.5. The SMILES string of the molecule is CCc1cc(C(=O)NCc2ccno2)cc(NC)n1. The maximum atomic E-state index is 12.0. The third-order valence-corrected chi connectivity index (χ3v) is 2.67. The van der Waals surface area contributed by atoms with Crippen LogP contribution in [0.15, 0.2) is 28.9 Å². The maximum Gasteiger partial charge on any atom is 0.251 e. The second-order valence-corrected chi connectivity index (χ2v) is 4.00. The lowest BCUT2D eigenvalue weighted by atomic mass is 10.2. The van der Waals surface area contributed by atoms with Crippen molar-refractivity contribution in [2.75, 3.05) is 12.4 Å². The molecule has 0 aliphatic rings. The second-order valence-electron chi connectivity index (χ2n) is 4.00. The molecule has 0 aliphatic heterocycles. The fourth-order valence-electron chi connectivity index (χ4n) is 1.63. The molecule has 6 heteroatoms. The minimum atomic E-state index is -0.162. The molecule has 0 fully saturated rings. The van der Waals surface area contributed by atoms with Crippen LogP contribution in [0.25, 0.3) is 0 Å². The van der Waals surface area contributed by atoms with Crippen molar-refractivity contribution in [3.63, 3.8) is 0 Å². The van der Waals surface area contributed by atoms with Crippen LogP contribution >= 0.6 is 0 Å². The molecule has 0 saturated carbocycles. The molecule has 2 rings (SSSR count). The van der Waals surface area contributed by atoms with Crippen molar-refractivity contribution in [2.45, 2.75) is 19.9 Å². The molecule has 0 aromatic carbocycles. The summed E-state index contributed by atoms with van der Waals surface area (Å²) in [6.07, 6.45) is 2.32. The first-order valence-electron chi connectivity index (χ1n) is 6.09. The van der Waals surface area contributed by atoms with Gasteiger partial charge in [-0.15, -0.1) is 0 Å². The number of carbonyl (C=O) groups excluding carboxylic acids is 1. The van der Waals surface area contributed by atoms with Crippen LogP contribution in [-0.2, 0) is 13.0 Å². The average molecular weight is 260 g/mol. The molecule has 2 aromatic rings. The lowest BCUT2D eigenvalue weighted by Crippen LogP contribution is -2.23. The highest BCUT2D eigenvalue weighted by molar-refractivity contribution is 5.94. The number of nitrogens with zero attached hydrogens (tertiary/aromatic N) is 2. The van der Waals surface area contributed by atoms with Gasteiger partial charge in [0.1, 0.15) is 5.82 Å². The average Bonchev–Trinajstić information content (AvgIpc) is 2.97. The first-order chi connectivity index (χ1) is 9.22. The number of amides is 1. The van der Waals surface area contributed by atoms with E-state index in [2.05, 4.69) is 20.8 Å². The highest BCUT2D eigenvalue weighted by Crippen LogP contribution is 2.11. The molecular formula is C13H16N4O2. The Morgan fingerprint density at radius 1 is 1.42 bits per heavy atom. The van der Waals surface area contributed by atoms with E-state index in [0.29, 0.717) is 23.7 Å². The minimum absolute atomic E-state index is 0.162. The summed E-state index contributed by atoms with van der Waals surface area (Å²) in [5.74, 6) is 1.14. The van der Waals surface area contributed by atoms with Crippen molar-refractivity contribution in [2.24, 2.45) is 0 Å². The van der Waals surface area contributed by atoms with Gasteiger partial charge in [0.05, 0.1) is 12.7 Å². The van der Waals surface area contributed by atoms with E-state index in [0.717, 1.165) is 12.1 Å². The molecule has 0 spiro atoms. The molecule has 0 aliphatic carbocycles. The number of hydrogen-bond donors (Lipinski definition) is 2. The van der Waals surface area contributed by atoms with Crippen LogP contribution in [0.2, 0.25) is 0 Å². The van der Waals surface area contributed by atoms with E-state index in [1.165, 1.54) is 0 Å². The van der Waals surface area contributed by atoms with E-state index < -0.39 is 0 Å². The topological polar surface area (TPSA) is 80.0 Å². The molecule has 0 unspecified atom stereocenters. The van der Waals surface area contributed by atoms with Gasteiger partial charge in [0.15, 0.2) is 5.76 Å². The number of hydrogen-bond acceptors (Lipinski definition) is 5. The molecule has 2 heterocycles. The molecule has 6 nitrogen and oxygen atoms in total. The predicted molar refractivity (Wildman–Crippen MR) is 70.8 cm³/mol. The van der Waals surface area contributed by atoms with Crippen molar-refractivity contribution in [3.05, 3.63) is 41.4 Å². The largest absolute Gasteiger partial charge is 0.373 e. The summed E-state index contributed by atoms with van der Waals surface area (Å²) in [6.45, 7) is 2.31. The molecule has 19 heavy (non-hydrogen) atoms. The Bertz CT molecular complexity index is 530. The van der Waals surface area contributed by atoms with Gasteiger partial charge in [0.25, 0.3) is 5.91 Å². The van der Waals surface area contributed by atoms with Gasteiger partial charge < -0.3 is 15.2 Å². The first-order valence-corrected chi connectivity index (χ1v) is 6.09. The lowest BCUT2D eigenvalue weighted by molar-refractivity contribution is 0.0947. The Labute approximate surface area is 111 Å². The normalized spacial score (nSPS) is 10.2. The monoisotopic (exact) mass is 260 g/mol. The van der Waals surface area contributed by atoms with E-state index in [1.807, 2.05) is 6.92 Å². The smallest absolute Gasteiger partial charge is 0.251 e. The summed E-state index contributed by atoms with van der Waals surface area (Å²) >= 11 is 0. The summed E-state index contributed by atoms with van der Waals surface area (Å²) in [4.78, 5) is 16.4. The van der Waals surface area contributed by atoms with E-state index in [1.54, 1.807) is 31.4 Å². The summed E-state index contributed by atoms with van der Waals surface area (Å²) in [6, 6.07) is 5.22. The summed E-state index contributed by atoms with van der Waals surface area (Å²) < 4.78 is 4.92. The number of nitrogens with one attached hydrogen (secondary N) is 2. The van der Waals surface area contributed by atoms with Gasteiger partial charge >= 0.3 is 0 Å². The molecule has 0 atom stereocenters. The van der Waals surface area contributed by atoms with Crippen molar-refractivity contribution < 1.29 is 9.32 Å². The van der Waals surface area contributed by atoms with Crippen LogP contribution in [0, 0.1) is 0 Å². The van der Waals surface area contributed by atoms with Crippen LogP contribution in [-0.4, -0.2) is 23.1 Å². The van der Waals surface area contributed by atoms with Gasteiger partial charge in [-0.3, -0.25) is 4.79 Å². The Morgan fingerprint density at radius 3 is 2.89 bits per heavy atom. The minimum Gasteiger partial charge on any atom is -0.373 e. The molecule has 2 N–H and O–H groups in total. The van der Waals surface area contributed by atoms with Gasteiger partial charge in [-0.05, 0) is 18.6 Å². The third kappa shape index (κ3) is 3.31. The molecular weight excluding hydrogens is 244 g/mol. The van der Waals surface area contributed by atoms with Crippen molar-refractivity contribution in [3.8, 4) is 0 Å². The van der Waals surface area contributed by atoms with Crippen LogP contribution in [0.1, 0.15) is 28.7 Å². The molecule has 0 bridgehead atoms. The van der Waals surface area contributed by atoms with Crippen LogP contribution < -0.4 is 10.6 Å². The quantitative estimate of drug-likeness (QED) is 0.853. The number of rotatable bonds is 5. The maximum absolute atomic E-state index is 12.0. The van der Waals surface area contributed by atoms with Gasteiger partial charge in [-0.2, -0.15) is 0 Å². The standard InChI is InChI=1S/C13H16N4O2/c1-3-10-6-9(7-12(14-2)17-10)13(18)15-8-11-4-5-16-19-11/h4-7H,3,8H2,1-2H3,(H,14,17)(H,15,18). The van der Waals surface area contributed by atoms with E-state index in [4.69, 9.17) is 4.52 Å². The Morgan fingerprint density at radius 2 is 2.26 bits per heavy atom. The number of pyridine rings is 1. The first kappa shape index (κ1) is 13.1. The summed E-state index contributed by atoms with van der Waals surface area (Å²) in [7, 11) is 1.78. The van der Waals surface area contributed by atoms with Gasteiger partial charge in [-0.1, -0.05) is 12.1 Å². The summed E-state index contributed by atoms with van der Waals surface area (Å²) in [5.41, 5.74) is 1.45. The fourth-order valence-corrected chi connectivity index (χ4v) is 1.63. The Hall–Kier alpha value is -2.37. The molecule has 2 aromatic heterocycles. The van der Waals surface area contributed by atoms with Crippen molar-refractivity contribution >= 4 is 11.7 Å². The van der Waals surface area contributed by atoms with Gasteiger partial charge in [0.2, 0.25) is 0 Å². The van der Waals surface area contributed by atoms with E-state index >= 15 is 0 Å². The second kappa shape index (κ2) is 5.99. The molecule has 0 radical (unpaired) electrons. The van der Waals surface area contributed by atoms with E-state index in [9.17, 15) is 4.79 Å². The number of aromatic nitrogens is 2. The number of aryl methyl sites for hydroxylation is 1. The Kier molecular flexibility index (Phi) is 4.12. The zero-order chi connectivity index (χ0) is 13.7. The molecule has 0 saturated heterocycles. The Balaban J connectivity index is 2.09. The van der Waals surface area contributed by atoms with Crippen molar-refractivity contribution in [1.82, 2.24) is 15.5 Å². The fraction of sp³-hybridized carbons (Fsp3) is 0.308. The van der Waals surface area contributed by atoms with Crippen LogP contribution in [0.5, 0.6) is 0 Å². The highest BCUT2D eigenvalue weighted by Gasteiger charge is 2.09. The lowest BCUT2D eigenvalue weighted by Gasteiger charge is -2.07. The third-order valence-electron chi connectivity index (χ3n) is 2.67. The number of anilines is 1. The predicted octanol–water partition coefficient (Wildman–Crippen LogP) is 1.60. The molecule has 100 valence electrons. The summed E-state index contributed by atoms with van der Waals surface area (Å²) in [5, 5.41) is 9.30.